The number of carboxylic acid groups (broad SMARTS) is 1. The highest BCUT2D eigenvalue weighted by Crippen LogP contribution is 2.12. The van der Waals surface area contributed by atoms with E-state index in [2.05, 4.69) is 21.2 Å². The van der Waals surface area contributed by atoms with Crippen LogP contribution in [0.25, 0.3) is 0 Å². The minimum atomic E-state index is -1.03. The number of carboxylic acids is 1. The predicted molar refractivity (Wildman–Crippen MR) is 57.1 cm³/mol. The second-order valence-corrected chi connectivity index (χ2v) is 2.89. The summed E-state index contributed by atoms with van der Waals surface area (Å²) in [6.07, 6.45) is 6.41. The van der Waals surface area contributed by atoms with Gasteiger partial charge in [-0.1, -0.05) is 0 Å². The van der Waals surface area contributed by atoms with Gasteiger partial charge in [-0.25, -0.2) is 14.8 Å². The number of hydrogen-bond acceptors (Lipinski definition) is 5. The Hall–Kier alpha value is -2.29. The lowest BCUT2D eigenvalue weighted by atomic mass is 10.2. The van der Waals surface area contributed by atoms with Crippen LogP contribution in [0.15, 0.2) is 12.4 Å². The second kappa shape index (κ2) is 5.56. The molecular weight excluding hydrogens is 210 g/mol. The molecule has 0 aliphatic rings. The number of carbonyl (C=O) groups is 1. The smallest absolute Gasteiger partial charge is 0.327 e. The molecule has 1 heterocycles. The molecule has 1 unspecified atom stereocenters. The Bertz CT molecular complexity index is 414. The Labute approximate surface area is 92.7 Å². The molecule has 0 aromatic carbocycles. The number of anilines is 1. The third-order valence-electron chi connectivity index (χ3n) is 1.79. The maximum Gasteiger partial charge on any atom is 0.327 e. The lowest BCUT2D eigenvalue weighted by molar-refractivity contribution is -0.137. The first-order valence-corrected chi connectivity index (χ1v) is 4.46. The molecular formula is C10H11N3O3. The van der Waals surface area contributed by atoms with Gasteiger partial charge in [0, 0.05) is 12.5 Å². The molecule has 0 fully saturated rings. The van der Waals surface area contributed by atoms with Crippen molar-refractivity contribution in [2.45, 2.75) is 12.5 Å². The molecule has 0 spiro atoms. The highest BCUT2D eigenvalue weighted by Gasteiger charge is 2.16. The summed E-state index contributed by atoms with van der Waals surface area (Å²) in [6.45, 7) is 0. The van der Waals surface area contributed by atoms with Gasteiger partial charge in [0.05, 0.1) is 7.11 Å². The van der Waals surface area contributed by atoms with E-state index in [-0.39, 0.29) is 6.42 Å². The van der Waals surface area contributed by atoms with Crippen LogP contribution in [0, 0.1) is 12.3 Å². The monoisotopic (exact) mass is 221 g/mol. The number of methoxy groups -OCH3 is 1. The third-order valence-corrected chi connectivity index (χ3v) is 1.79. The fraction of sp³-hybridized carbons (Fsp3) is 0.300. The van der Waals surface area contributed by atoms with Gasteiger partial charge in [-0.3, -0.25) is 0 Å². The Balaban J connectivity index is 2.77. The van der Waals surface area contributed by atoms with Crippen molar-refractivity contribution in [3.8, 4) is 18.2 Å². The summed E-state index contributed by atoms with van der Waals surface area (Å²) in [5, 5.41) is 11.5. The van der Waals surface area contributed by atoms with Crippen molar-refractivity contribution >= 4 is 11.8 Å². The van der Waals surface area contributed by atoms with Gasteiger partial charge in [0.25, 0.3) is 0 Å². The van der Waals surface area contributed by atoms with Crippen LogP contribution in [-0.2, 0) is 4.79 Å². The molecule has 1 aromatic heterocycles. The Kier molecular flexibility index (Phi) is 4.09. The number of hydrogen-bond donors (Lipinski definition) is 2. The topological polar surface area (TPSA) is 84.3 Å². The lowest BCUT2D eigenvalue weighted by Crippen LogP contribution is -2.29. The van der Waals surface area contributed by atoms with Crippen molar-refractivity contribution in [1.29, 1.82) is 0 Å². The van der Waals surface area contributed by atoms with Crippen LogP contribution in [0.1, 0.15) is 6.42 Å². The van der Waals surface area contributed by atoms with Gasteiger partial charge in [-0.05, 0) is 0 Å². The summed E-state index contributed by atoms with van der Waals surface area (Å²) < 4.78 is 4.88. The zero-order valence-electron chi connectivity index (χ0n) is 8.67. The zero-order chi connectivity index (χ0) is 12.0. The number of ether oxygens (including phenoxy) is 1. The molecule has 0 amide bonds. The molecule has 6 heteroatoms. The highest BCUT2D eigenvalue weighted by atomic mass is 16.5. The maximum atomic E-state index is 10.8. The molecule has 0 aliphatic carbocycles. The summed E-state index contributed by atoms with van der Waals surface area (Å²) >= 11 is 0. The Morgan fingerprint density at radius 1 is 1.75 bits per heavy atom. The highest BCUT2D eigenvalue weighted by molar-refractivity contribution is 5.77. The lowest BCUT2D eigenvalue weighted by Gasteiger charge is -2.12. The fourth-order valence-corrected chi connectivity index (χ4v) is 1.03. The van der Waals surface area contributed by atoms with Gasteiger partial charge in [-0.2, -0.15) is 0 Å². The molecule has 1 aromatic rings. The Morgan fingerprint density at radius 2 is 2.50 bits per heavy atom. The van der Waals surface area contributed by atoms with Crippen LogP contribution in [0.4, 0.5) is 5.82 Å². The van der Waals surface area contributed by atoms with Crippen molar-refractivity contribution < 1.29 is 14.6 Å². The largest absolute Gasteiger partial charge is 0.481 e. The molecule has 2 N–H and O–H groups in total. The second-order valence-electron chi connectivity index (χ2n) is 2.89. The third kappa shape index (κ3) is 3.13. The van der Waals surface area contributed by atoms with Gasteiger partial charge in [0.1, 0.15) is 18.2 Å². The average molecular weight is 221 g/mol. The SMILES string of the molecule is C#CCC(Nc1cc(OC)ncn1)C(=O)O. The number of nitrogens with one attached hydrogen (secondary N) is 1. The van der Waals surface area contributed by atoms with Crippen LogP contribution < -0.4 is 10.1 Å². The maximum absolute atomic E-state index is 10.8. The zero-order valence-corrected chi connectivity index (χ0v) is 8.67. The molecule has 0 saturated heterocycles. The summed E-state index contributed by atoms with van der Waals surface area (Å²) in [7, 11) is 1.46. The number of nitrogens with zero attached hydrogens (tertiary/aromatic N) is 2. The van der Waals surface area contributed by atoms with E-state index in [9.17, 15) is 4.79 Å². The first kappa shape index (κ1) is 11.8. The van der Waals surface area contributed by atoms with Crippen molar-refractivity contribution in [3.63, 3.8) is 0 Å². The van der Waals surface area contributed by atoms with E-state index in [4.69, 9.17) is 16.3 Å². The molecule has 0 bridgehead atoms. The molecule has 6 nitrogen and oxygen atoms in total. The van der Waals surface area contributed by atoms with Crippen molar-refractivity contribution in [2.24, 2.45) is 0 Å². The summed E-state index contributed by atoms with van der Waals surface area (Å²) in [5.74, 6) is 1.95. The van der Waals surface area contributed by atoms with Crippen molar-refractivity contribution in [2.75, 3.05) is 12.4 Å². The van der Waals surface area contributed by atoms with Gasteiger partial charge in [0.2, 0.25) is 5.88 Å². The van der Waals surface area contributed by atoms with Crippen LogP contribution in [0.2, 0.25) is 0 Å². The Morgan fingerprint density at radius 3 is 3.06 bits per heavy atom. The van der Waals surface area contributed by atoms with Crippen LogP contribution in [0.5, 0.6) is 5.88 Å². The fourth-order valence-electron chi connectivity index (χ4n) is 1.03. The van der Waals surface area contributed by atoms with E-state index < -0.39 is 12.0 Å². The molecule has 0 aliphatic heterocycles. The minimum absolute atomic E-state index is 0.0711. The van der Waals surface area contributed by atoms with Gasteiger partial charge in [-0.15, -0.1) is 12.3 Å². The van der Waals surface area contributed by atoms with Gasteiger partial charge in [0.15, 0.2) is 0 Å². The van der Waals surface area contributed by atoms with E-state index in [1.807, 2.05) is 0 Å². The molecule has 0 radical (unpaired) electrons. The molecule has 84 valence electrons. The first-order chi connectivity index (χ1) is 7.67. The van der Waals surface area contributed by atoms with Crippen LogP contribution in [-0.4, -0.2) is 34.2 Å². The minimum Gasteiger partial charge on any atom is -0.481 e. The molecule has 1 rings (SSSR count). The number of terminal acetylenes is 1. The normalized spacial score (nSPS) is 11.2. The molecule has 0 saturated carbocycles. The predicted octanol–water partition coefficient (Wildman–Crippen LogP) is 0.374. The van der Waals surface area contributed by atoms with Crippen LogP contribution >= 0.6 is 0 Å². The number of aliphatic carboxylic acids is 1. The van der Waals surface area contributed by atoms with Crippen molar-refractivity contribution in [3.05, 3.63) is 12.4 Å². The summed E-state index contributed by atoms with van der Waals surface area (Å²) in [4.78, 5) is 18.5. The number of aromatic nitrogens is 2. The van der Waals surface area contributed by atoms with E-state index in [1.54, 1.807) is 0 Å². The van der Waals surface area contributed by atoms with Crippen molar-refractivity contribution in [1.82, 2.24) is 9.97 Å². The van der Waals surface area contributed by atoms with E-state index in [0.29, 0.717) is 11.7 Å². The van der Waals surface area contributed by atoms with Gasteiger partial charge >= 0.3 is 5.97 Å². The average Bonchev–Trinajstić information content (AvgIpc) is 2.28. The first-order valence-electron chi connectivity index (χ1n) is 4.46. The van der Waals surface area contributed by atoms with E-state index >= 15 is 0 Å². The quantitative estimate of drug-likeness (QED) is 0.699. The summed E-state index contributed by atoms with van der Waals surface area (Å²) in [6, 6.07) is 0.622. The standard InChI is InChI=1S/C10H11N3O3/c1-3-4-7(10(14)15)13-8-5-9(16-2)12-6-11-8/h1,5-7H,4H2,2H3,(H,14,15)(H,11,12,13). The summed E-state index contributed by atoms with van der Waals surface area (Å²) in [5.41, 5.74) is 0. The van der Waals surface area contributed by atoms with E-state index in [1.165, 1.54) is 19.5 Å². The number of rotatable bonds is 5. The molecule has 16 heavy (non-hydrogen) atoms. The van der Waals surface area contributed by atoms with E-state index in [0.717, 1.165) is 0 Å². The van der Waals surface area contributed by atoms with Crippen LogP contribution in [0.3, 0.4) is 0 Å². The molecule has 1 atom stereocenters. The van der Waals surface area contributed by atoms with Gasteiger partial charge < -0.3 is 15.2 Å².